The number of nitrogen functional groups attached to an aromatic ring is 1. The summed E-state index contributed by atoms with van der Waals surface area (Å²) in [5.74, 6) is 0. The number of amides is 2. The van der Waals surface area contributed by atoms with E-state index in [9.17, 15) is 9.90 Å². The van der Waals surface area contributed by atoms with Crippen LogP contribution in [0, 0.1) is 0 Å². The Morgan fingerprint density at radius 3 is 2.61 bits per heavy atom. The van der Waals surface area contributed by atoms with E-state index in [4.69, 9.17) is 5.73 Å². The van der Waals surface area contributed by atoms with Crippen LogP contribution in [0.1, 0.15) is 13.3 Å². The number of aliphatic hydroxyl groups is 1. The highest BCUT2D eigenvalue weighted by atomic mass is 16.3. The fourth-order valence-electron chi connectivity index (χ4n) is 2.03. The molecule has 0 radical (unpaired) electrons. The molecule has 1 aromatic carbocycles. The van der Waals surface area contributed by atoms with Crippen molar-refractivity contribution in [2.75, 3.05) is 30.3 Å². The first-order valence-electron chi connectivity index (χ1n) is 6.18. The molecule has 1 saturated heterocycles. The van der Waals surface area contributed by atoms with Gasteiger partial charge in [-0.2, -0.15) is 0 Å². The third kappa shape index (κ3) is 2.73. The van der Waals surface area contributed by atoms with Crippen molar-refractivity contribution in [2.45, 2.75) is 19.4 Å². The van der Waals surface area contributed by atoms with E-state index in [1.54, 1.807) is 28.9 Å². The quantitative estimate of drug-likeness (QED) is 0.790. The standard InChI is InChI=1S/C13H19N3O2/c1-10(17)6-7-15-8-9-16(13(15)18)12-4-2-11(14)3-5-12/h2-5,10,17H,6-9,14H2,1H3. The lowest BCUT2D eigenvalue weighted by Gasteiger charge is -2.19. The molecule has 0 saturated carbocycles. The van der Waals surface area contributed by atoms with Gasteiger partial charge < -0.3 is 15.7 Å². The molecule has 1 fully saturated rings. The molecule has 0 aromatic heterocycles. The average molecular weight is 249 g/mol. The Bertz CT molecular complexity index is 417. The number of aliphatic hydroxyl groups excluding tert-OH is 1. The van der Waals surface area contributed by atoms with Crippen LogP contribution in [0.2, 0.25) is 0 Å². The maximum Gasteiger partial charge on any atom is 0.324 e. The number of benzene rings is 1. The number of carbonyl (C=O) groups excluding carboxylic acids is 1. The molecular weight excluding hydrogens is 230 g/mol. The summed E-state index contributed by atoms with van der Waals surface area (Å²) < 4.78 is 0. The zero-order chi connectivity index (χ0) is 13.1. The molecule has 1 aliphatic heterocycles. The first-order chi connectivity index (χ1) is 8.58. The molecule has 98 valence electrons. The molecular formula is C13H19N3O2. The minimum Gasteiger partial charge on any atom is -0.399 e. The van der Waals surface area contributed by atoms with Crippen molar-refractivity contribution in [3.05, 3.63) is 24.3 Å². The largest absolute Gasteiger partial charge is 0.399 e. The van der Waals surface area contributed by atoms with Gasteiger partial charge in [0.1, 0.15) is 0 Å². The molecule has 1 aliphatic rings. The van der Waals surface area contributed by atoms with Gasteiger partial charge in [-0.15, -0.1) is 0 Å². The Labute approximate surface area is 107 Å². The number of nitrogens with two attached hydrogens (primary N) is 1. The molecule has 1 aromatic rings. The van der Waals surface area contributed by atoms with E-state index in [1.807, 2.05) is 12.1 Å². The van der Waals surface area contributed by atoms with E-state index in [0.29, 0.717) is 31.7 Å². The van der Waals surface area contributed by atoms with Gasteiger partial charge in [-0.3, -0.25) is 4.90 Å². The molecule has 1 unspecified atom stereocenters. The molecule has 5 nitrogen and oxygen atoms in total. The third-order valence-corrected chi connectivity index (χ3v) is 3.12. The summed E-state index contributed by atoms with van der Waals surface area (Å²) >= 11 is 0. The zero-order valence-corrected chi connectivity index (χ0v) is 10.5. The molecule has 1 heterocycles. The van der Waals surface area contributed by atoms with Crippen LogP contribution < -0.4 is 10.6 Å². The van der Waals surface area contributed by atoms with Crippen molar-refractivity contribution < 1.29 is 9.90 Å². The van der Waals surface area contributed by atoms with Crippen molar-refractivity contribution >= 4 is 17.4 Å². The van der Waals surface area contributed by atoms with Gasteiger partial charge in [0.25, 0.3) is 0 Å². The minimum atomic E-state index is -0.372. The predicted octanol–water partition coefficient (Wildman–Crippen LogP) is 1.28. The average Bonchev–Trinajstić information content (AvgIpc) is 2.69. The predicted molar refractivity (Wildman–Crippen MR) is 71.5 cm³/mol. The molecule has 2 rings (SSSR count). The summed E-state index contributed by atoms with van der Waals surface area (Å²) in [4.78, 5) is 15.6. The van der Waals surface area contributed by atoms with Gasteiger partial charge in [-0.1, -0.05) is 0 Å². The maximum absolute atomic E-state index is 12.1. The van der Waals surface area contributed by atoms with E-state index < -0.39 is 0 Å². The lowest BCUT2D eigenvalue weighted by Crippen LogP contribution is -2.33. The molecule has 0 spiro atoms. The highest BCUT2D eigenvalue weighted by molar-refractivity contribution is 5.94. The summed E-state index contributed by atoms with van der Waals surface area (Å²) in [6, 6.07) is 7.29. The fourth-order valence-corrected chi connectivity index (χ4v) is 2.03. The van der Waals surface area contributed by atoms with E-state index in [0.717, 1.165) is 5.69 Å². The minimum absolute atomic E-state index is 0.000390. The number of urea groups is 1. The summed E-state index contributed by atoms with van der Waals surface area (Å²) in [6.45, 7) is 3.72. The van der Waals surface area contributed by atoms with Crippen LogP contribution in [0.15, 0.2) is 24.3 Å². The molecule has 2 amide bonds. The Morgan fingerprint density at radius 2 is 2.00 bits per heavy atom. The Hall–Kier alpha value is -1.75. The Kier molecular flexibility index (Phi) is 3.72. The van der Waals surface area contributed by atoms with E-state index >= 15 is 0 Å². The number of anilines is 2. The van der Waals surface area contributed by atoms with Gasteiger partial charge >= 0.3 is 6.03 Å². The van der Waals surface area contributed by atoms with Crippen LogP contribution in [-0.4, -0.2) is 41.8 Å². The molecule has 0 bridgehead atoms. The van der Waals surface area contributed by atoms with Gasteiger partial charge in [0, 0.05) is 31.0 Å². The second kappa shape index (κ2) is 5.27. The lowest BCUT2D eigenvalue weighted by atomic mass is 10.2. The summed E-state index contributed by atoms with van der Waals surface area (Å²) in [5.41, 5.74) is 7.19. The van der Waals surface area contributed by atoms with Crippen molar-refractivity contribution in [3.63, 3.8) is 0 Å². The summed E-state index contributed by atoms with van der Waals surface area (Å²) in [5, 5.41) is 9.25. The van der Waals surface area contributed by atoms with Crippen molar-refractivity contribution in [3.8, 4) is 0 Å². The fraction of sp³-hybridized carbons (Fsp3) is 0.462. The van der Waals surface area contributed by atoms with Gasteiger partial charge in [0.05, 0.1) is 6.10 Å². The van der Waals surface area contributed by atoms with Crippen molar-refractivity contribution in [1.82, 2.24) is 4.90 Å². The van der Waals surface area contributed by atoms with Gasteiger partial charge in [-0.25, -0.2) is 4.79 Å². The van der Waals surface area contributed by atoms with E-state index in [1.165, 1.54) is 0 Å². The number of hydrogen-bond donors (Lipinski definition) is 2. The normalized spacial score (nSPS) is 17.3. The topological polar surface area (TPSA) is 69.8 Å². The molecule has 3 N–H and O–H groups in total. The lowest BCUT2D eigenvalue weighted by molar-refractivity contribution is 0.165. The summed E-state index contributed by atoms with van der Waals surface area (Å²) in [6.07, 6.45) is 0.241. The highest BCUT2D eigenvalue weighted by Gasteiger charge is 2.29. The van der Waals surface area contributed by atoms with E-state index in [-0.39, 0.29) is 12.1 Å². The first-order valence-corrected chi connectivity index (χ1v) is 6.18. The van der Waals surface area contributed by atoms with Crippen molar-refractivity contribution in [2.24, 2.45) is 0 Å². The van der Waals surface area contributed by atoms with Gasteiger partial charge in [-0.05, 0) is 37.6 Å². The van der Waals surface area contributed by atoms with Crippen LogP contribution in [0.4, 0.5) is 16.2 Å². The molecule has 1 atom stereocenters. The van der Waals surface area contributed by atoms with Crippen LogP contribution >= 0.6 is 0 Å². The third-order valence-electron chi connectivity index (χ3n) is 3.12. The van der Waals surface area contributed by atoms with Crippen LogP contribution in [0.25, 0.3) is 0 Å². The zero-order valence-electron chi connectivity index (χ0n) is 10.5. The monoisotopic (exact) mass is 249 g/mol. The Morgan fingerprint density at radius 1 is 1.33 bits per heavy atom. The molecule has 18 heavy (non-hydrogen) atoms. The molecule has 0 aliphatic carbocycles. The van der Waals surface area contributed by atoms with Crippen LogP contribution in [0.5, 0.6) is 0 Å². The SMILES string of the molecule is CC(O)CCN1CCN(c2ccc(N)cc2)C1=O. The smallest absolute Gasteiger partial charge is 0.324 e. The first kappa shape index (κ1) is 12.7. The second-order valence-electron chi connectivity index (χ2n) is 4.65. The van der Waals surface area contributed by atoms with E-state index in [2.05, 4.69) is 0 Å². The van der Waals surface area contributed by atoms with Gasteiger partial charge in [0.2, 0.25) is 0 Å². The van der Waals surface area contributed by atoms with Crippen LogP contribution in [0.3, 0.4) is 0 Å². The van der Waals surface area contributed by atoms with Gasteiger partial charge in [0.15, 0.2) is 0 Å². The maximum atomic E-state index is 12.1. The number of rotatable bonds is 4. The highest BCUT2D eigenvalue weighted by Crippen LogP contribution is 2.21. The van der Waals surface area contributed by atoms with Crippen LogP contribution in [-0.2, 0) is 0 Å². The second-order valence-corrected chi connectivity index (χ2v) is 4.65. The summed E-state index contributed by atoms with van der Waals surface area (Å²) in [7, 11) is 0. The molecule has 5 heteroatoms. The number of hydrogen-bond acceptors (Lipinski definition) is 3. The number of carbonyl (C=O) groups is 1. The Balaban J connectivity index is 2.00. The number of nitrogens with zero attached hydrogens (tertiary/aromatic N) is 2. The van der Waals surface area contributed by atoms with Crippen molar-refractivity contribution in [1.29, 1.82) is 0 Å².